The lowest BCUT2D eigenvalue weighted by molar-refractivity contribution is -0.138. The third-order valence-electron chi connectivity index (χ3n) is 6.38. The van der Waals surface area contributed by atoms with E-state index in [0.717, 1.165) is 23.4 Å². The molecule has 0 unspecified atom stereocenters. The smallest absolute Gasteiger partial charge is 0.328 e. The number of likely N-dealkylation sites (tertiary alicyclic amines) is 1. The number of hydrogen-bond acceptors (Lipinski definition) is 5. The second kappa shape index (κ2) is 8.74. The van der Waals surface area contributed by atoms with Gasteiger partial charge < -0.3 is 14.6 Å². The Hall–Kier alpha value is -3.20. The number of aromatic amines is 1. The topological polar surface area (TPSA) is 113 Å². The number of H-pyrrole nitrogens is 1. The number of aryl methyl sites for hydroxylation is 2. The van der Waals surface area contributed by atoms with E-state index in [-0.39, 0.29) is 12.5 Å². The summed E-state index contributed by atoms with van der Waals surface area (Å²) >= 11 is 0. The fraction of sp³-hybridized carbons (Fsp3) is 0.478. The number of fused-ring (bicyclic) bond motifs is 1. The van der Waals surface area contributed by atoms with Gasteiger partial charge in [0.1, 0.15) is 5.82 Å². The number of rotatable bonds is 6. The lowest BCUT2D eigenvalue weighted by Crippen LogP contribution is -2.54. The molecule has 32 heavy (non-hydrogen) atoms. The van der Waals surface area contributed by atoms with E-state index in [2.05, 4.69) is 22.5 Å². The molecule has 3 heterocycles. The zero-order valence-electron chi connectivity index (χ0n) is 18.5. The summed E-state index contributed by atoms with van der Waals surface area (Å²) in [5, 5.41) is 10.8. The van der Waals surface area contributed by atoms with Crippen LogP contribution in [0, 0.1) is 0 Å². The van der Waals surface area contributed by atoms with Crippen molar-refractivity contribution >= 4 is 16.9 Å². The first-order valence-electron chi connectivity index (χ1n) is 11.1. The van der Waals surface area contributed by atoms with Gasteiger partial charge in [-0.1, -0.05) is 12.1 Å². The second-order valence-electron chi connectivity index (χ2n) is 8.59. The molecule has 0 bridgehead atoms. The summed E-state index contributed by atoms with van der Waals surface area (Å²) in [6.07, 6.45) is 3.45. The van der Waals surface area contributed by atoms with Crippen LogP contribution < -0.4 is 11.2 Å². The van der Waals surface area contributed by atoms with Crippen molar-refractivity contribution < 1.29 is 9.90 Å². The molecule has 1 amide bonds. The van der Waals surface area contributed by atoms with E-state index >= 15 is 0 Å². The number of piperidine rings is 1. The molecule has 0 saturated carbocycles. The SMILES string of the molecule is CCn1c(CCCC(=O)N2CC[C@@](C)(O)[C@H](n3ccc(=O)[nH]c3=O)C2)nc2ccccc21. The van der Waals surface area contributed by atoms with Gasteiger partial charge in [-0.05, 0) is 38.8 Å². The second-order valence-corrected chi connectivity index (χ2v) is 8.59. The standard InChI is InChI=1S/C23H29N5O4/c1-3-27-17-8-5-4-7-16(17)24-19(27)9-6-10-21(30)26-14-12-23(2,32)18(15-26)28-13-11-20(29)25-22(28)31/h4-5,7-8,11,13,18,32H,3,6,9-10,12,14-15H2,1-2H3,(H,25,29,31)/t18-,23-/m1/s1. The molecule has 1 saturated heterocycles. The first kappa shape index (κ1) is 22.0. The van der Waals surface area contributed by atoms with Gasteiger partial charge in [0.25, 0.3) is 5.56 Å². The van der Waals surface area contributed by atoms with Crippen molar-refractivity contribution in [1.82, 2.24) is 24.0 Å². The van der Waals surface area contributed by atoms with Gasteiger partial charge in [-0.3, -0.25) is 19.1 Å². The first-order valence-corrected chi connectivity index (χ1v) is 11.1. The van der Waals surface area contributed by atoms with Crippen molar-refractivity contribution in [3.63, 3.8) is 0 Å². The van der Waals surface area contributed by atoms with Crippen LogP contribution in [-0.4, -0.2) is 53.7 Å². The highest BCUT2D eigenvalue weighted by Crippen LogP contribution is 2.31. The number of benzene rings is 1. The van der Waals surface area contributed by atoms with Crippen LogP contribution in [0.15, 0.2) is 46.1 Å². The molecule has 1 aliphatic heterocycles. The van der Waals surface area contributed by atoms with E-state index in [1.54, 1.807) is 11.8 Å². The van der Waals surface area contributed by atoms with E-state index < -0.39 is 22.9 Å². The van der Waals surface area contributed by atoms with Gasteiger partial charge in [0.15, 0.2) is 0 Å². The van der Waals surface area contributed by atoms with Crippen LogP contribution in [0.1, 0.15) is 45.0 Å². The maximum absolute atomic E-state index is 12.9. The average molecular weight is 440 g/mol. The van der Waals surface area contributed by atoms with Crippen LogP contribution in [0.5, 0.6) is 0 Å². The molecule has 9 heteroatoms. The van der Waals surface area contributed by atoms with Gasteiger partial charge in [-0.2, -0.15) is 0 Å². The predicted octanol–water partition coefficient (Wildman–Crippen LogP) is 1.45. The fourth-order valence-corrected chi connectivity index (χ4v) is 4.54. The highest BCUT2D eigenvalue weighted by molar-refractivity contribution is 5.77. The molecule has 3 aromatic rings. The van der Waals surface area contributed by atoms with Gasteiger partial charge >= 0.3 is 5.69 Å². The predicted molar refractivity (Wildman–Crippen MR) is 121 cm³/mol. The molecule has 9 nitrogen and oxygen atoms in total. The monoisotopic (exact) mass is 439 g/mol. The number of nitrogens with zero attached hydrogens (tertiary/aromatic N) is 4. The third kappa shape index (κ3) is 4.25. The van der Waals surface area contributed by atoms with Crippen molar-refractivity contribution in [2.75, 3.05) is 13.1 Å². The highest BCUT2D eigenvalue weighted by atomic mass is 16.3. The Kier molecular flexibility index (Phi) is 6.01. The van der Waals surface area contributed by atoms with Gasteiger partial charge in [-0.15, -0.1) is 0 Å². The summed E-state index contributed by atoms with van der Waals surface area (Å²) in [6, 6.07) is 8.64. The van der Waals surface area contributed by atoms with E-state index in [0.29, 0.717) is 32.2 Å². The minimum absolute atomic E-state index is 0.0119. The fourth-order valence-electron chi connectivity index (χ4n) is 4.54. The molecule has 4 rings (SSSR count). The zero-order valence-corrected chi connectivity index (χ0v) is 18.5. The number of para-hydroxylation sites is 2. The van der Waals surface area contributed by atoms with Gasteiger partial charge in [-0.25, -0.2) is 9.78 Å². The number of imidazole rings is 1. The molecular formula is C23H29N5O4. The minimum Gasteiger partial charge on any atom is -0.388 e. The van der Waals surface area contributed by atoms with Crippen LogP contribution >= 0.6 is 0 Å². The van der Waals surface area contributed by atoms with Crippen LogP contribution in [0.3, 0.4) is 0 Å². The van der Waals surface area contributed by atoms with Crippen LogP contribution in [0.25, 0.3) is 11.0 Å². The average Bonchev–Trinajstić information content (AvgIpc) is 3.11. The molecule has 0 aliphatic carbocycles. The van der Waals surface area contributed by atoms with E-state index in [9.17, 15) is 19.5 Å². The Morgan fingerprint density at radius 3 is 2.81 bits per heavy atom. The maximum atomic E-state index is 12.9. The Morgan fingerprint density at radius 1 is 1.28 bits per heavy atom. The summed E-state index contributed by atoms with van der Waals surface area (Å²) in [4.78, 5) is 45.2. The zero-order chi connectivity index (χ0) is 22.9. The molecule has 2 atom stereocenters. The molecule has 1 fully saturated rings. The highest BCUT2D eigenvalue weighted by Gasteiger charge is 2.40. The van der Waals surface area contributed by atoms with Crippen molar-refractivity contribution in [3.05, 3.63) is 63.2 Å². The number of carbonyl (C=O) groups excluding carboxylic acids is 1. The van der Waals surface area contributed by atoms with Gasteiger partial charge in [0.2, 0.25) is 5.91 Å². The molecule has 1 aromatic carbocycles. The van der Waals surface area contributed by atoms with Gasteiger partial charge in [0.05, 0.1) is 22.7 Å². The number of amides is 1. The molecule has 170 valence electrons. The number of carbonyl (C=O) groups is 1. The van der Waals surface area contributed by atoms with Gasteiger partial charge in [0, 0.05) is 44.7 Å². The Labute approximate surface area is 185 Å². The van der Waals surface area contributed by atoms with Crippen molar-refractivity contribution in [1.29, 1.82) is 0 Å². The quantitative estimate of drug-likeness (QED) is 0.604. The summed E-state index contributed by atoms with van der Waals surface area (Å²) < 4.78 is 3.49. The minimum atomic E-state index is -1.16. The lowest BCUT2D eigenvalue weighted by Gasteiger charge is -2.43. The number of hydrogen-bond donors (Lipinski definition) is 2. The molecule has 2 aromatic heterocycles. The van der Waals surface area contributed by atoms with E-state index in [1.165, 1.54) is 16.8 Å². The van der Waals surface area contributed by atoms with E-state index in [4.69, 9.17) is 4.98 Å². The third-order valence-corrected chi connectivity index (χ3v) is 6.38. The number of nitrogens with one attached hydrogen (secondary N) is 1. The first-order chi connectivity index (χ1) is 15.3. The van der Waals surface area contributed by atoms with Crippen molar-refractivity contribution in [2.24, 2.45) is 0 Å². The summed E-state index contributed by atoms with van der Waals surface area (Å²) in [5.74, 6) is 0.961. The largest absolute Gasteiger partial charge is 0.388 e. The van der Waals surface area contributed by atoms with E-state index in [1.807, 2.05) is 18.2 Å². The summed E-state index contributed by atoms with van der Waals surface area (Å²) in [6.45, 7) is 5.20. The normalized spacial score (nSPS) is 21.2. The van der Waals surface area contributed by atoms with Crippen molar-refractivity contribution in [2.45, 2.75) is 57.7 Å². The molecule has 1 aliphatic rings. The molecule has 0 spiro atoms. The van der Waals surface area contributed by atoms with Crippen LogP contribution in [-0.2, 0) is 17.8 Å². The number of aromatic nitrogens is 4. The van der Waals surface area contributed by atoms with Crippen LogP contribution in [0.2, 0.25) is 0 Å². The Balaban J connectivity index is 1.43. The summed E-state index contributed by atoms with van der Waals surface area (Å²) in [7, 11) is 0. The molecular weight excluding hydrogens is 410 g/mol. The molecule has 2 N–H and O–H groups in total. The Morgan fingerprint density at radius 2 is 2.06 bits per heavy atom. The summed E-state index contributed by atoms with van der Waals surface area (Å²) in [5.41, 5.74) is -0.180. The lowest BCUT2D eigenvalue weighted by atomic mass is 9.88. The number of aliphatic hydroxyl groups is 1. The Bertz CT molecular complexity index is 1240. The van der Waals surface area contributed by atoms with Crippen LogP contribution in [0.4, 0.5) is 0 Å². The van der Waals surface area contributed by atoms with Crippen molar-refractivity contribution in [3.8, 4) is 0 Å². The molecule has 0 radical (unpaired) electrons. The maximum Gasteiger partial charge on any atom is 0.328 e.